The average Bonchev–Trinajstić information content (AvgIpc) is 3.09. The molecule has 0 aromatic carbocycles. The molecule has 5 aliphatic rings. The molecule has 0 aromatic rings. The molecule has 1 spiro atoms. The van der Waals surface area contributed by atoms with Crippen molar-refractivity contribution in [1.82, 2.24) is 0 Å². The molecule has 8 heteroatoms. The van der Waals surface area contributed by atoms with E-state index in [1.807, 2.05) is 19.9 Å². The SMILES string of the molecule is C=C1C(=O)O[C@@H]2C[C@H](C)[C@@]3(O)C=C(C(C)=O)[C@@]4(O[C@@H]3C[C@H]12)C(=O)O[C@H]1C[C@@H](C)C(/C=C/C(C)=O)=CC[C@H]14. The van der Waals surface area contributed by atoms with Crippen LogP contribution >= 0.6 is 0 Å². The van der Waals surface area contributed by atoms with E-state index in [-0.39, 0.29) is 35.4 Å². The van der Waals surface area contributed by atoms with E-state index in [2.05, 4.69) is 6.58 Å². The highest BCUT2D eigenvalue weighted by molar-refractivity contribution is 6.04. The second-order valence-corrected chi connectivity index (χ2v) is 11.4. The minimum Gasteiger partial charge on any atom is -0.459 e. The zero-order valence-electron chi connectivity index (χ0n) is 21.7. The van der Waals surface area contributed by atoms with Gasteiger partial charge in [0, 0.05) is 23.0 Å². The summed E-state index contributed by atoms with van der Waals surface area (Å²) in [5, 5.41) is 11.9. The third kappa shape index (κ3) is 3.87. The normalized spacial score (nSPS) is 43.2. The molecule has 198 valence electrons. The van der Waals surface area contributed by atoms with E-state index in [4.69, 9.17) is 14.2 Å². The van der Waals surface area contributed by atoms with Crippen LogP contribution in [-0.2, 0) is 33.4 Å². The lowest BCUT2D eigenvalue weighted by molar-refractivity contribution is -0.196. The van der Waals surface area contributed by atoms with Crippen LogP contribution in [0.3, 0.4) is 0 Å². The number of carbonyl (C=O) groups is 4. The van der Waals surface area contributed by atoms with Gasteiger partial charge >= 0.3 is 11.9 Å². The number of ether oxygens (including phenoxy) is 3. The fourth-order valence-electron chi connectivity index (χ4n) is 6.91. The van der Waals surface area contributed by atoms with Crippen LogP contribution in [0.15, 0.2) is 47.6 Å². The van der Waals surface area contributed by atoms with E-state index < -0.39 is 53.3 Å². The quantitative estimate of drug-likeness (QED) is 0.455. The van der Waals surface area contributed by atoms with E-state index in [9.17, 15) is 24.3 Å². The minimum atomic E-state index is -1.67. The van der Waals surface area contributed by atoms with Crippen LogP contribution in [0, 0.1) is 23.7 Å². The number of aliphatic hydroxyl groups is 1. The van der Waals surface area contributed by atoms with Gasteiger partial charge in [-0.2, -0.15) is 0 Å². The average molecular weight is 511 g/mol. The number of esters is 2. The summed E-state index contributed by atoms with van der Waals surface area (Å²) in [6.07, 6.45) is 6.50. The molecule has 0 unspecified atom stereocenters. The molecule has 3 fully saturated rings. The number of rotatable bonds is 3. The largest absolute Gasteiger partial charge is 0.459 e. The molecule has 3 heterocycles. The highest BCUT2D eigenvalue weighted by Gasteiger charge is 2.67. The molecule has 2 aliphatic carbocycles. The van der Waals surface area contributed by atoms with E-state index in [1.165, 1.54) is 26.0 Å². The van der Waals surface area contributed by atoms with Crippen molar-refractivity contribution in [3.05, 3.63) is 47.6 Å². The summed E-state index contributed by atoms with van der Waals surface area (Å²) >= 11 is 0. The van der Waals surface area contributed by atoms with Crippen LogP contribution in [0.4, 0.5) is 0 Å². The van der Waals surface area contributed by atoms with Gasteiger partial charge in [-0.1, -0.05) is 32.6 Å². The van der Waals surface area contributed by atoms with Crippen molar-refractivity contribution >= 4 is 23.5 Å². The monoisotopic (exact) mass is 510 g/mol. The van der Waals surface area contributed by atoms with E-state index in [0.717, 1.165) is 5.57 Å². The standard InChI is InChI=1S/C29H34O8/c1-14-10-24-21(9-8-19(14)7-6-16(3)30)29(27(33)36-24)22(18(5)31)13-28(34)15(2)11-23-20(12-25(28)37-29)17(4)26(32)35-23/h6-8,13-15,20-21,23-25,34H,4,9-12H2,1-3,5H3/b7-6+/t14-,15+,20-,21-,23-,24+,25-,28+,29-/m1/s1. The third-order valence-corrected chi connectivity index (χ3v) is 9.06. The zero-order valence-corrected chi connectivity index (χ0v) is 21.7. The maximum Gasteiger partial charge on any atom is 0.344 e. The number of hydrogen-bond donors (Lipinski definition) is 1. The van der Waals surface area contributed by atoms with Gasteiger partial charge < -0.3 is 19.3 Å². The predicted octanol–water partition coefficient (Wildman–Crippen LogP) is 2.94. The number of carbonyl (C=O) groups excluding carboxylic acids is 4. The van der Waals surface area contributed by atoms with Crippen molar-refractivity contribution in [1.29, 1.82) is 0 Å². The molecule has 5 rings (SSSR count). The zero-order chi connectivity index (χ0) is 26.9. The van der Waals surface area contributed by atoms with Crippen LogP contribution in [-0.4, -0.2) is 58.1 Å². The first kappa shape index (κ1) is 25.8. The first-order valence-electron chi connectivity index (χ1n) is 13.0. The number of allylic oxidation sites excluding steroid dienone is 4. The van der Waals surface area contributed by atoms with Gasteiger partial charge in [0.25, 0.3) is 0 Å². The summed E-state index contributed by atoms with van der Waals surface area (Å²) in [5.41, 5.74) is -1.80. The van der Waals surface area contributed by atoms with Crippen LogP contribution in [0.1, 0.15) is 53.4 Å². The van der Waals surface area contributed by atoms with Gasteiger partial charge in [-0.3, -0.25) is 9.59 Å². The highest BCUT2D eigenvalue weighted by atomic mass is 16.6. The van der Waals surface area contributed by atoms with E-state index >= 15 is 0 Å². The Morgan fingerprint density at radius 2 is 1.84 bits per heavy atom. The lowest BCUT2D eigenvalue weighted by atomic mass is 9.69. The Hall–Kier alpha value is -2.84. The lowest BCUT2D eigenvalue weighted by Crippen LogP contribution is -2.61. The van der Waals surface area contributed by atoms with Gasteiger partial charge in [0.15, 0.2) is 11.6 Å². The van der Waals surface area contributed by atoms with Crippen molar-refractivity contribution in [3.63, 3.8) is 0 Å². The number of Topliss-reactive ketones (excluding diaryl/α,β-unsaturated/α-hetero) is 1. The second kappa shape index (κ2) is 8.88. The molecule has 1 N–H and O–H groups in total. The molecule has 2 saturated heterocycles. The molecule has 0 amide bonds. The minimum absolute atomic E-state index is 0.0162. The Bertz CT molecular complexity index is 1180. The van der Waals surface area contributed by atoms with Crippen molar-refractivity contribution in [2.24, 2.45) is 23.7 Å². The van der Waals surface area contributed by atoms with Gasteiger partial charge in [0.05, 0.1) is 6.10 Å². The molecule has 8 nitrogen and oxygen atoms in total. The summed E-state index contributed by atoms with van der Waals surface area (Å²) in [4.78, 5) is 50.4. The molecular weight excluding hydrogens is 476 g/mol. The number of ketones is 2. The first-order valence-corrected chi connectivity index (χ1v) is 13.0. The number of fused-ring (bicyclic) bond motifs is 4. The molecular formula is C29H34O8. The fraction of sp³-hybridized carbons (Fsp3) is 0.586. The van der Waals surface area contributed by atoms with Crippen LogP contribution in [0.25, 0.3) is 0 Å². The van der Waals surface area contributed by atoms with Gasteiger partial charge in [0.2, 0.25) is 5.60 Å². The van der Waals surface area contributed by atoms with Crippen molar-refractivity contribution < 1.29 is 38.5 Å². The van der Waals surface area contributed by atoms with E-state index in [1.54, 1.807) is 6.08 Å². The van der Waals surface area contributed by atoms with Crippen molar-refractivity contribution in [2.45, 2.75) is 82.9 Å². The Morgan fingerprint density at radius 1 is 1.11 bits per heavy atom. The predicted molar refractivity (Wildman–Crippen MR) is 132 cm³/mol. The summed E-state index contributed by atoms with van der Waals surface area (Å²) in [5.74, 6) is -2.75. The Morgan fingerprint density at radius 3 is 2.51 bits per heavy atom. The maximum absolute atomic E-state index is 13.6. The molecule has 0 radical (unpaired) electrons. The summed E-state index contributed by atoms with van der Waals surface area (Å²) in [6.45, 7) is 10.6. The summed E-state index contributed by atoms with van der Waals surface area (Å²) in [6, 6.07) is 0. The topological polar surface area (TPSA) is 116 Å². The smallest absolute Gasteiger partial charge is 0.344 e. The van der Waals surface area contributed by atoms with Gasteiger partial charge in [0.1, 0.15) is 17.8 Å². The summed E-state index contributed by atoms with van der Waals surface area (Å²) in [7, 11) is 0. The van der Waals surface area contributed by atoms with E-state index in [0.29, 0.717) is 24.8 Å². The molecule has 3 aliphatic heterocycles. The van der Waals surface area contributed by atoms with Crippen molar-refractivity contribution in [2.75, 3.05) is 0 Å². The Balaban J connectivity index is 1.59. The highest BCUT2D eigenvalue weighted by Crippen LogP contribution is 2.55. The van der Waals surface area contributed by atoms with Gasteiger partial charge in [-0.05, 0) is 69.1 Å². The Kier molecular flexibility index (Phi) is 6.19. The van der Waals surface area contributed by atoms with Gasteiger partial charge in [-0.25, -0.2) is 9.59 Å². The van der Waals surface area contributed by atoms with Crippen LogP contribution < -0.4 is 0 Å². The number of hydrogen-bond acceptors (Lipinski definition) is 8. The first-order chi connectivity index (χ1) is 17.4. The molecule has 0 bridgehead atoms. The lowest BCUT2D eigenvalue weighted by Gasteiger charge is -2.48. The van der Waals surface area contributed by atoms with Crippen LogP contribution in [0.5, 0.6) is 0 Å². The Labute approximate surface area is 216 Å². The maximum atomic E-state index is 13.6. The molecule has 9 atom stereocenters. The van der Waals surface area contributed by atoms with Gasteiger partial charge in [-0.15, -0.1) is 0 Å². The molecule has 0 aromatic heterocycles. The second-order valence-electron chi connectivity index (χ2n) is 11.4. The fourth-order valence-corrected chi connectivity index (χ4v) is 6.91. The summed E-state index contributed by atoms with van der Waals surface area (Å²) < 4.78 is 18.1. The third-order valence-electron chi connectivity index (χ3n) is 9.06. The molecule has 1 saturated carbocycles. The molecule has 37 heavy (non-hydrogen) atoms. The van der Waals surface area contributed by atoms with Crippen molar-refractivity contribution in [3.8, 4) is 0 Å². The van der Waals surface area contributed by atoms with Crippen LogP contribution in [0.2, 0.25) is 0 Å².